The Labute approximate surface area is 158 Å². The van der Waals surface area contributed by atoms with E-state index in [4.69, 9.17) is 0 Å². The zero-order chi connectivity index (χ0) is 18.4. The number of benzene rings is 1. The summed E-state index contributed by atoms with van der Waals surface area (Å²) < 4.78 is 0. The summed E-state index contributed by atoms with van der Waals surface area (Å²) in [5.74, 6) is 0.964. The molecule has 1 aromatic heterocycles. The first-order chi connectivity index (χ1) is 12.7. The number of thiazole rings is 1. The minimum atomic E-state index is 0.216. The van der Waals surface area contributed by atoms with E-state index in [0.717, 1.165) is 41.7 Å². The highest BCUT2D eigenvalue weighted by atomic mass is 32.1. The molecule has 6 nitrogen and oxygen atoms in total. The second kappa shape index (κ2) is 8.80. The van der Waals surface area contributed by atoms with Crippen LogP contribution in [0.4, 0.5) is 0 Å². The van der Waals surface area contributed by atoms with Crippen molar-refractivity contribution in [1.82, 2.24) is 20.5 Å². The molecule has 138 valence electrons. The van der Waals surface area contributed by atoms with Gasteiger partial charge in [0.05, 0.1) is 12.2 Å². The Morgan fingerprint density at radius 2 is 2.19 bits per heavy atom. The van der Waals surface area contributed by atoms with Crippen LogP contribution >= 0.6 is 11.3 Å². The first kappa shape index (κ1) is 18.4. The number of hydrogen-bond donors (Lipinski definition) is 2. The van der Waals surface area contributed by atoms with E-state index in [1.54, 1.807) is 18.4 Å². The molecule has 7 heteroatoms. The zero-order valence-corrected chi connectivity index (χ0v) is 16.1. The lowest BCUT2D eigenvalue weighted by Gasteiger charge is -2.18. The second-order valence-electron chi connectivity index (χ2n) is 6.24. The highest BCUT2D eigenvalue weighted by Crippen LogP contribution is 2.21. The number of aromatic nitrogens is 1. The molecule has 2 heterocycles. The molecule has 1 aliphatic heterocycles. The zero-order valence-electron chi connectivity index (χ0n) is 15.2. The van der Waals surface area contributed by atoms with Crippen molar-refractivity contribution in [2.45, 2.75) is 32.4 Å². The minimum Gasteiger partial charge on any atom is -0.352 e. The number of carbonyl (C=O) groups is 1. The number of nitrogens with zero attached hydrogens (tertiary/aromatic N) is 3. The molecule has 1 unspecified atom stereocenters. The van der Waals surface area contributed by atoms with Gasteiger partial charge in [-0.2, -0.15) is 0 Å². The van der Waals surface area contributed by atoms with Gasteiger partial charge in [-0.1, -0.05) is 37.3 Å². The Hall–Kier alpha value is -2.41. The van der Waals surface area contributed by atoms with Gasteiger partial charge in [0.2, 0.25) is 5.91 Å². The van der Waals surface area contributed by atoms with Crippen LogP contribution in [0.1, 0.15) is 24.8 Å². The van der Waals surface area contributed by atoms with Gasteiger partial charge in [-0.25, -0.2) is 4.98 Å². The number of hydrogen-bond acceptors (Lipinski definition) is 4. The van der Waals surface area contributed by atoms with Gasteiger partial charge in [-0.05, 0) is 6.42 Å². The van der Waals surface area contributed by atoms with Crippen LogP contribution < -0.4 is 10.6 Å². The summed E-state index contributed by atoms with van der Waals surface area (Å²) in [4.78, 5) is 22.7. The molecule has 26 heavy (non-hydrogen) atoms. The Morgan fingerprint density at radius 3 is 2.92 bits per heavy atom. The predicted octanol–water partition coefficient (Wildman–Crippen LogP) is 2.49. The number of rotatable bonds is 5. The molecule has 1 atom stereocenters. The van der Waals surface area contributed by atoms with E-state index in [2.05, 4.69) is 38.1 Å². The molecule has 2 N–H and O–H groups in total. The second-order valence-corrected chi connectivity index (χ2v) is 7.18. The average Bonchev–Trinajstić information content (AvgIpc) is 3.35. The normalized spacial score (nSPS) is 17.4. The van der Waals surface area contributed by atoms with Gasteiger partial charge in [0.1, 0.15) is 5.01 Å². The first-order valence-electron chi connectivity index (χ1n) is 8.94. The van der Waals surface area contributed by atoms with Crippen molar-refractivity contribution in [3.63, 3.8) is 0 Å². The highest BCUT2D eigenvalue weighted by molar-refractivity contribution is 7.09. The van der Waals surface area contributed by atoms with Crippen LogP contribution in [0.5, 0.6) is 0 Å². The molecule has 1 aliphatic rings. The molecule has 0 aliphatic carbocycles. The third-order valence-corrected chi connectivity index (χ3v) is 5.29. The Kier molecular flexibility index (Phi) is 6.22. The topological polar surface area (TPSA) is 69.6 Å². The van der Waals surface area contributed by atoms with Crippen LogP contribution in [0.3, 0.4) is 0 Å². The molecule has 1 saturated heterocycles. The molecule has 1 aromatic carbocycles. The Morgan fingerprint density at radius 1 is 1.38 bits per heavy atom. The van der Waals surface area contributed by atoms with Gasteiger partial charge in [-0.3, -0.25) is 9.79 Å². The monoisotopic (exact) mass is 371 g/mol. The van der Waals surface area contributed by atoms with E-state index < -0.39 is 0 Å². The van der Waals surface area contributed by atoms with Crippen LogP contribution in [0.2, 0.25) is 0 Å². The lowest BCUT2D eigenvalue weighted by atomic mass is 10.2. The van der Waals surface area contributed by atoms with E-state index in [1.165, 1.54) is 0 Å². The van der Waals surface area contributed by atoms with E-state index >= 15 is 0 Å². The van der Waals surface area contributed by atoms with Crippen molar-refractivity contribution in [3.05, 3.63) is 40.7 Å². The highest BCUT2D eigenvalue weighted by Gasteiger charge is 2.25. The molecular formula is C19H25N5OS. The average molecular weight is 372 g/mol. The molecule has 3 rings (SSSR count). The van der Waals surface area contributed by atoms with Gasteiger partial charge in [0, 0.05) is 43.5 Å². The van der Waals surface area contributed by atoms with Crippen LogP contribution in [0.15, 0.2) is 40.7 Å². The number of likely N-dealkylation sites (tertiary alicyclic amines) is 1. The predicted molar refractivity (Wildman–Crippen MR) is 106 cm³/mol. The van der Waals surface area contributed by atoms with Gasteiger partial charge in [0.15, 0.2) is 5.96 Å². The smallest absolute Gasteiger partial charge is 0.222 e. The lowest BCUT2D eigenvalue weighted by molar-refractivity contribution is -0.129. The molecule has 1 fully saturated rings. The fourth-order valence-electron chi connectivity index (χ4n) is 3.01. The summed E-state index contributed by atoms with van der Waals surface area (Å²) in [6, 6.07) is 10.4. The third-order valence-electron chi connectivity index (χ3n) is 4.44. The van der Waals surface area contributed by atoms with Crippen LogP contribution in [-0.4, -0.2) is 47.9 Å². The molecule has 0 radical (unpaired) electrons. The molecule has 0 bridgehead atoms. The number of amides is 1. The molecule has 1 amide bonds. The van der Waals surface area contributed by atoms with Crippen molar-refractivity contribution in [2.75, 3.05) is 20.1 Å². The summed E-state index contributed by atoms with van der Waals surface area (Å²) in [5.41, 5.74) is 2.13. The van der Waals surface area contributed by atoms with Crippen molar-refractivity contribution in [3.8, 4) is 11.3 Å². The van der Waals surface area contributed by atoms with Gasteiger partial charge < -0.3 is 15.5 Å². The minimum absolute atomic E-state index is 0.216. The molecule has 0 saturated carbocycles. The fraction of sp³-hybridized carbons (Fsp3) is 0.421. The van der Waals surface area contributed by atoms with Crippen molar-refractivity contribution < 1.29 is 4.79 Å². The van der Waals surface area contributed by atoms with Gasteiger partial charge in [-0.15, -0.1) is 11.3 Å². The maximum Gasteiger partial charge on any atom is 0.222 e. The van der Waals surface area contributed by atoms with E-state index in [-0.39, 0.29) is 11.9 Å². The van der Waals surface area contributed by atoms with Gasteiger partial charge >= 0.3 is 0 Å². The fourth-order valence-corrected chi connectivity index (χ4v) is 3.75. The van der Waals surface area contributed by atoms with Crippen LogP contribution in [0, 0.1) is 0 Å². The molecular weight excluding hydrogens is 346 g/mol. The maximum atomic E-state index is 11.8. The summed E-state index contributed by atoms with van der Waals surface area (Å²) >= 11 is 1.64. The van der Waals surface area contributed by atoms with E-state index in [9.17, 15) is 4.79 Å². The van der Waals surface area contributed by atoms with Crippen molar-refractivity contribution in [1.29, 1.82) is 0 Å². The Balaban J connectivity index is 1.51. The lowest BCUT2D eigenvalue weighted by Crippen LogP contribution is -2.44. The van der Waals surface area contributed by atoms with Crippen molar-refractivity contribution in [2.24, 2.45) is 4.99 Å². The summed E-state index contributed by atoms with van der Waals surface area (Å²) in [5, 5.41) is 9.82. The standard InChI is InChI=1S/C19H25N5OS/c1-3-18(25)24-10-9-15(12-24)22-19(20-2)21-11-17-23-16(13-26-17)14-7-5-4-6-8-14/h4-8,13,15H,3,9-12H2,1-2H3,(H2,20,21,22). The van der Waals surface area contributed by atoms with E-state index in [1.807, 2.05) is 30.0 Å². The van der Waals surface area contributed by atoms with Crippen LogP contribution in [-0.2, 0) is 11.3 Å². The number of nitrogens with one attached hydrogen (secondary N) is 2. The number of carbonyl (C=O) groups excluding carboxylic acids is 1. The maximum absolute atomic E-state index is 11.8. The summed E-state index contributed by atoms with van der Waals surface area (Å²) in [6.45, 7) is 4.08. The largest absolute Gasteiger partial charge is 0.352 e. The van der Waals surface area contributed by atoms with Crippen molar-refractivity contribution >= 4 is 23.2 Å². The Bertz CT molecular complexity index is 758. The number of guanidine groups is 1. The van der Waals surface area contributed by atoms with E-state index in [0.29, 0.717) is 13.0 Å². The van der Waals surface area contributed by atoms with Gasteiger partial charge in [0.25, 0.3) is 0 Å². The summed E-state index contributed by atoms with van der Waals surface area (Å²) in [7, 11) is 1.76. The summed E-state index contributed by atoms with van der Waals surface area (Å²) in [6.07, 6.45) is 1.51. The van der Waals surface area contributed by atoms with Crippen LogP contribution in [0.25, 0.3) is 11.3 Å². The first-order valence-corrected chi connectivity index (χ1v) is 9.82. The molecule has 0 spiro atoms. The molecule has 2 aromatic rings. The third kappa shape index (κ3) is 4.60. The quantitative estimate of drug-likeness (QED) is 0.626. The SMILES string of the molecule is CCC(=O)N1CCC(NC(=NC)NCc2nc(-c3ccccc3)cs2)C1. The number of aliphatic imine (C=N–C) groups is 1.